The van der Waals surface area contributed by atoms with Gasteiger partial charge in [-0.1, -0.05) is 17.4 Å². The number of hydrogen-bond donors (Lipinski definition) is 1. The number of nitrogens with one attached hydrogen (secondary N) is 1. The fraction of sp³-hybridized carbons (Fsp3) is 0.222. The van der Waals surface area contributed by atoms with E-state index in [1.165, 1.54) is 11.3 Å². The van der Waals surface area contributed by atoms with Crippen LogP contribution in [-0.2, 0) is 0 Å². The Labute approximate surface area is 144 Å². The van der Waals surface area contributed by atoms with Gasteiger partial charge >= 0.3 is 0 Å². The molecular formula is C18H19N3O2S. The van der Waals surface area contributed by atoms with Crippen LogP contribution in [0.4, 0.5) is 10.8 Å². The minimum atomic E-state index is -0.164. The first kappa shape index (κ1) is 16.3. The quantitative estimate of drug-likeness (QED) is 0.762. The smallest absolute Gasteiger partial charge is 0.257 e. The number of thiazole rings is 1. The second kappa shape index (κ2) is 6.88. The molecule has 0 fully saturated rings. The number of ether oxygens (including phenoxy) is 1. The number of benzene rings is 2. The van der Waals surface area contributed by atoms with Gasteiger partial charge in [-0.2, -0.15) is 0 Å². The van der Waals surface area contributed by atoms with Crippen LogP contribution >= 0.6 is 11.3 Å². The molecule has 24 heavy (non-hydrogen) atoms. The first-order valence-electron chi connectivity index (χ1n) is 7.69. The van der Waals surface area contributed by atoms with Crippen LogP contribution in [0.3, 0.4) is 0 Å². The van der Waals surface area contributed by atoms with Crippen LogP contribution in [0.1, 0.15) is 17.3 Å². The van der Waals surface area contributed by atoms with Crippen molar-refractivity contribution in [3.63, 3.8) is 0 Å². The van der Waals surface area contributed by atoms with E-state index in [9.17, 15) is 4.79 Å². The fourth-order valence-corrected chi connectivity index (χ4v) is 3.20. The van der Waals surface area contributed by atoms with Gasteiger partial charge in [0, 0.05) is 25.3 Å². The van der Waals surface area contributed by atoms with Gasteiger partial charge in [0.25, 0.3) is 5.91 Å². The van der Waals surface area contributed by atoms with Crippen molar-refractivity contribution in [2.45, 2.75) is 6.92 Å². The first-order valence-corrected chi connectivity index (χ1v) is 8.50. The molecule has 6 heteroatoms. The summed E-state index contributed by atoms with van der Waals surface area (Å²) in [6.45, 7) is 2.57. The predicted molar refractivity (Wildman–Crippen MR) is 99.5 cm³/mol. The van der Waals surface area contributed by atoms with Crippen molar-refractivity contribution in [3.8, 4) is 5.75 Å². The zero-order valence-corrected chi connectivity index (χ0v) is 14.7. The van der Waals surface area contributed by atoms with Gasteiger partial charge in [0.2, 0.25) is 0 Å². The Balaban J connectivity index is 1.81. The molecule has 0 saturated carbocycles. The van der Waals surface area contributed by atoms with Gasteiger partial charge in [-0.25, -0.2) is 4.98 Å². The summed E-state index contributed by atoms with van der Waals surface area (Å²) in [7, 11) is 3.89. The summed E-state index contributed by atoms with van der Waals surface area (Å²) >= 11 is 1.44. The second-order valence-electron chi connectivity index (χ2n) is 5.48. The highest BCUT2D eigenvalue weighted by Crippen LogP contribution is 2.29. The molecule has 2 aromatic carbocycles. The number of nitrogens with zero attached hydrogens (tertiary/aromatic N) is 2. The predicted octanol–water partition coefficient (Wildman–Crippen LogP) is 4.01. The normalized spacial score (nSPS) is 10.6. The summed E-state index contributed by atoms with van der Waals surface area (Å²) in [6.07, 6.45) is 0. The number of rotatable bonds is 5. The number of amides is 1. The Bertz CT molecular complexity index is 874. The average molecular weight is 341 g/mol. The van der Waals surface area contributed by atoms with Crippen molar-refractivity contribution in [2.24, 2.45) is 0 Å². The molecule has 3 aromatic rings. The number of anilines is 2. The van der Waals surface area contributed by atoms with Crippen LogP contribution in [0.15, 0.2) is 42.5 Å². The van der Waals surface area contributed by atoms with Crippen LogP contribution in [0.5, 0.6) is 5.75 Å². The van der Waals surface area contributed by atoms with Crippen molar-refractivity contribution in [2.75, 3.05) is 30.9 Å². The van der Waals surface area contributed by atoms with E-state index >= 15 is 0 Å². The average Bonchev–Trinajstić information content (AvgIpc) is 2.96. The van der Waals surface area contributed by atoms with Gasteiger partial charge in [-0.15, -0.1) is 0 Å². The highest BCUT2D eigenvalue weighted by atomic mass is 32.1. The minimum Gasteiger partial charge on any atom is -0.494 e. The van der Waals surface area contributed by atoms with E-state index in [2.05, 4.69) is 10.3 Å². The highest BCUT2D eigenvalue weighted by Gasteiger charge is 2.11. The molecule has 0 bridgehead atoms. The van der Waals surface area contributed by atoms with Crippen molar-refractivity contribution in [1.29, 1.82) is 0 Å². The van der Waals surface area contributed by atoms with Crippen molar-refractivity contribution in [3.05, 3.63) is 48.0 Å². The summed E-state index contributed by atoms with van der Waals surface area (Å²) in [4.78, 5) is 18.9. The van der Waals surface area contributed by atoms with E-state index in [4.69, 9.17) is 4.74 Å². The minimum absolute atomic E-state index is 0.164. The maximum atomic E-state index is 12.4. The van der Waals surface area contributed by atoms with E-state index in [0.717, 1.165) is 21.7 Å². The molecule has 1 aromatic heterocycles. The van der Waals surface area contributed by atoms with Crippen LogP contribution in [0.25, 0.3) is 10.2 Å². The van der Waals surface area contributed by atoms with Gasteiger partial charge in [-0.3, -0.25) is 10.1 Å². The largest absolute Gasteiger partial charge is 0.494 e. The van der Waals surface area contributed by atoms with E-state index in [0.29, 0.717) is 17.3 Å². The van der Waals surface area contributed by atoms with Gasteiger partial charge in [0.05, 0.1) is 16.8 Å². The maximum Gasteiger partial charge on any atom is 0.257 e. The number of aromatic nitrogens is 1. The summed E-state index contributed by atoms with van der Waals surface area (Å²) in [5.74, 6) is 0.646. The monoisotopic (exact) mass is 341 g/mol. The Morgan fingerprint density at radius 1 is 1.25 bits per heavy atom. The molecule has 0 saturated heterocycles. The lowest BCUT2D eigenvalue weighted by atomic mass is 10.2. The Kier molecular flexibility index (Phi) is 4.66. The summed E-state index contributed by atoms with van der Waals surface area (Å²) in [6, 6.07) is 13.2. The van der Waals surface area contributed by atoms with Crippen LogP contribution < -0.4 is 15.0 Å². The van der Waals surface area contributed by atoms with E-state index in [1.54, 1.807) is 6.07 Å². The molecule has 0 aliphatic rings. The molecule has 1 N–H and O–H groups in total. The molecule has 0 aliphatic heterocycles. The lowest BCUT2D eigenvalue weighted by Crippen LogP contribution is -2.14. The molecule has 124 valence electrons. The zero-order valence-electron chi connectivity index (χ0n) is 13.9. The summed E-state index contributed by atoms with van der Waals surface area (Å²) < 4.78 is 6.48. The first-order chi connectivity index (χ1) is 11.6. The Hall–Kier alpha value is -2.60. The van der Waals surface area contributed by atoms with E-state index < -0.39 is 0 Å². The molecule has 0 aliphatic carbocycles. The van der Waals surface area contributed by atoms with E-state index in [-0.39, 0.29) is 5.91 Å². The molecule has 0 unspecified atom stereocenters. The third-order valence-electron chi connectivity index (χ3n) is 3.52. The number of carbonyl (C=O) groups excluding carboxylic acids is 1. The van der Waals surface area contributed by atoms with Crippen LogP contribution in [-0.4, -0.2) is 31.6 Å². The molecular weight excluding hydrogens is 322 g/mol. The van der Waals surface area contributed by atoms with Crippen LogP contribution in [0.2, 0.25) is 0 Å². The lowest BCUT2D eigenvalue weighted by Gasteiger charge is -2.13. The maximum absolute atomic E-state index is 12.4. The van der Waals surface area contributed by atoms with E-state index in [1.807, 2.05) is 62.3 Å². The SMILES string of the molecule is CCOc1ccc2nc(NC(=O)c3cccc(N(C)C)c3)sc2c1. The topological polar surface area (TPSA) is 54.5 Å². The second-order valence-corrected chi connectivity index (χ2v) is 6.51. The highest BCUT2D eigenvalue weighted by molar-refractivity contribution is 7.22. The molecule has 1 amide bonds. The molecule has 3 rings (SSSR count). The Morgan fingerprint density at radius 3 is 2.83 bits per heavy atom. The molecule has 1 heterocycles. The molecule has 0 atom stereocenters. The van der Waals surface area contributed by atoms with Crippen molar-refractivity contribution in [1.82, 2.24) is 4.98 Å². The number of fused-ring (bicyclic) bond motifs is 1. The zero-order chi connectivity index (χ0) is 17.1. The summed E-state index contributed by atoms with van der Waals surface area (Å²) in [5, 5.41) is 3.46. The van der Waals surface area contributed by atoms with Crippen LogP contribution in [0, 0.1) is 0 Å². The molecule has 5 nitrogen and oxygen atoms in total. The fourth-order valence-electron chi connectivity index (χ4n) is 2.31. The van der Waals surface area contributed by atoms with Gasteiger partial charge in [0.15, 0.2) is 5.13 Å². The molecule has 0 spiro atoms. The summed E-state index contributed by atoms with van der Waals surface area (Å²) in [5.41, 5.74) is 2.43. The number of hydrogen-bond acceptors (Lipinski definition) is 5. The lowest BCUT2D eigenvalue weighted by molar-refractivity contribution is 0.102. The van der Waals surface area contributed by atoms with Gasteiger partial charge in [-0.05, 0) is 43.3 Å². The van der Waals surface area contributed by atoms with Crippen molar-refractivity contribution < 1.29 is 9.53 Å². The third-order valence-corrected chi connectivity index (χ3v) is 4.45. The number of carbonyl (C=O) groups is 1. The van der Waals surface area contributed by atoms with Crippen molar-refractivity contribution >= 4 is 38.3 Å². The Morgan fingerprint density at radius 2 is 2.08 bits per heavy atom. The van der Waals surface area contributed by atoms with Gasteiger partial charge in [0.1, 0.15) is 5.75 Å². The molecule has 0 radical (unpaired) electrons. The third kappa shape index (κ3) is 3.49. The van der Waals surface area contributed by atoms with Gasteiger partial charge < -0.3 is 9.64 Å². The standard InChI is InChI=1S/C18H19N3O2S/c1-4-23-14-8-9-15-16(11-14)24-18(19-15)20-17(22)12-6-5-7-13(10-12)21(2)3/h5-11H,4H2,1-3H3,(H,19,20,22).